The van der Waals surface area contributed by atoms with Crippen molar-refractivity contribution < 1.29 is 23.1 Å². The van der Waals surface area contributed by atoms with Gasteiger partial charge in [0.15, 0.2) is 0 Å². The number of unbranched alkanes of at least 4 members (excludes halogenated alkanes) is 5. The summed E-state index contributed by atoms with van der Waals surface area (Å²) in [5.41, 5.74) is 1.51. The number of ether oxygens (including phenoxy) is 1. The molecule has 0 spiro atoms. The van der Waals surface area contributed by atoms with Crippen LogP contribution in [0, 0.1) is 5.41 Å². The molecule has 0 radical (unpaired) electrons. The number of aryl methyl sites for hydroxylation is 1. The first-order valence-corrected chi connectivity index (χ1v) is 10.8. The molecule has 0 aliphatic carbocycles. The van der Waals surface area contributed by atoms with E-state index in [1.165, 1.54) is 44.1 Å². The second kappa shape index (κ2) is 9.80. The molecule has 4 rings (SSSR count). The molecule has 3 saturated heterocycles. The topological polar surface area (TPSA) is 54.0 Å². The highest BCUT2D eigenvalue weighted by molar-refractivity contribution is 7.41. The van der Waals surface area contributed by atoms with Crippen LogP contribution >= 0.6 is 8.60 Å². The molecule has 1 aromatic rings. The smallest absolute Gasteiger partial charge is 0.338 e. The largest absolute Gasteiger partial charge is 0.461 e. The first-order valence-electron chi connectivity index (χ1n) is 9.66. The van der Waals surface area contributed by atoms with E-state index >= 15 is 0 Å². The van der Waals surface area contributed by atoms with E-state index in [1.807, 2.05) is 24.3 Å². The van der Waals surface area contributed by atoms with E-state index in [1.54, 1.807) is 0 Å². The average molecular weight is 380 g/mol. The number of hydrogen-bond acceptors (Lipinski definition) is 5. The van der Waals surface area contributed by atoms with Crippen molar-refractivity contribution in [3.8, 4) is 0 Å². The number of benzene rings is 1. The molecule has 0 N–H and O–H groups in total. The van der Waals surface area contributed by atoms with Gasteiger partial charge in [-0.15, -0.1) is 0 Å². The standard InChI is InChI=1S/C20H29O5P/c1-2-3-4-5-6-7-8-17-9-11-18(12-10-17)19(21)22-13-20-14-23-26(24-15-20)25-16-20/h9-12H,2-8,13-16H2,1H3. The highest BCUT2D eigenvalue weighted by atomic mass is 31.2. The quantitative estimate of drug-likeness (QED) is 0.323. The average Bonchev–Trinajstić information content (AvgIpc) is 2.71. The maximum atomic E-state index is 12.3. The van der Waals surface area contributed by atoms with Gasteiger partial charge in [0.25, 0.3) is 0 Å². The maximum Gasteiger partial charge on any atom is 0.338 e. The molecular formula is C20H29O5P. The Morgan fingerprint density at radius 2 is 1.62 bits per heavy atom. The molecule has 3 aliphatic heterocycles. The number of fused-ring (bicyclic) bond motifs is 3. The molecule has 0 atom stereocenters. The fourth-order valence-electron chi connectivity index (χ4n) is 3.15. The van der Waals surface area contributed by atoms with Gasteiger partial charge in [0.2, 0.25) is 0 Å². The summed E-state index contributed by atoms with van der Waals surface area (Å²) in [7, 11) is -1.16. The van der Waals surface area contributed by atoms with Gasteiger partial charge >= 0.3 is 14.6 Å². The molecule has 26 heavy (non-hydrogen) atoms. The fraction of sp³-hybridized carbons (Fsp3) is 0.650. The molecule has 144 valence electrons. The summed E-state index contributed by atoms with van der Waals surface area (Å²) in [5, 5.41) is 0. The lowest BCUT2D eigenvalue weighted by molar-refractivity contribution is -0.0999. The van der Waals surface area contributed by atoms with E-state index in [0.29, 0.717) is 25.4 Å². The van der Waals surface area contributed by atoms with Crippen LogP contribution in [0.4, 0.5) is 0 Å². The predicted molar refractivity (Wildman–Crippen MR) is 101 cm³/mol. The Morgan fingerprint density at radius 1 is 1.00 bits per heavy atom. The Morgan fingerprint density at radius 3 is 2.27 bits per heavy atom. The van der Waals surface area contributed by atoms with E-state index in [0.717, 1.165) is 6.42 Å². The van der Waals surface area contributed by atoms with Crippen molar-refractivity contribution in [3.63, 3.8) is 0 Å². The molecule has 3 fully saturated rings. The summed E-state index contributed by atoms with van der Waals surface area (Å²) in [6.45, 7) is 4.09. The van der Waals surface area contributed by atoms with Crippen LogP contribution in [0.15, 0.2) is 24.3 Å². The van der Waals surface area contributed by atoms with Crippen LogP contribution in [0.1, 0.15) is 61.4 Å². The van der Waals surface area contributed by atoms with Gasteiger partial charge < -0.3 is 18.3 Å². The van der Waals surface area contributed by atoms with Crippen molar-refractivity contribution in [1.82, 2.24) is 0 Å². The lowest BCUT2D eigenvalue weighted by atomic mass is 9.92. The molecule has 6 heteroatoms. The molecule has 3 heterocycles. The molecule has 0 amide bonds. The number of esters is 1. The van der Waals surface area contributed by atoms with Crippen LogP contribution in [-0.2, 0) is 24.7 Å². The number of carbonyl (C=O) groups is 1. The van der Waals surface area contributed by atoms with Gasteiger partial charge in [-0.1, -0.05) is 51.2 Å². The normalized spacial score (nSPS) is 24.6. The summed E-state index contributed by atoms with van der Waals surface area (Å²) in [6.07, 6.45) is 8.83. The number of carbonyl (C=O) groups excluding carboxylic acids is 1. The van der Waals surface area contributed by atoms with Crippen LogP contribution in [0.3, 0.4) is 0 Å². The maximum absolute atomic E-state index is 12.3. The van der Waals surface area contributed by atoms with E-state index < -0.39 is 8.60 Å². The van der Waals surface area contributed by atoms with Gasteiger partial charge in [-0.25, -0.2) is 4.79 Å². The third-order valence-corrected chi connectivity index (χ3v) is 5.97. The van der Waals surface area contributed by atoms with E-state index in [-0.39, 0.29) is 18.0 Å². The van der Waals surface area contributed by atoms with E-state index in [2.05, 4.69) is 6.92 Å². The summed E-state index contributed by atoms with van der Waals surface area (Å²) in [5.74, 6) is -0.302. The molecule has 3 aliphatic rings. The molecule has 0 aromatic heterocycles. The third kappa shape index (κ3) is 5.50. The summed E-state index contributed by atoms with van der Waals surface area (Å²) >= 11 is 0. The SMILES string of the molecule is CCCCCCCCc1ccc(C(=O)OCC23COP(OC2)OC3)cc1. The van der Waals surface area contributed by atoms with Gasteiger partial charge in [-0.3, -0.25) is 0 Å². The van der Waals surface area contributed by atoms with Crippen molar-refractivity contribution in [2.75, 3.05) is 26.4 Å². The lowest BCUT2D eigenvalue weighted by Gasteiger charge is -2.43. The van der Waals surface area contributed by atoms with Crippen molar-refractivity contribution in [1.29, 1.82) is 0 Å². The van der Waals surface area contributed by atoms with Crippen LogP contribution in [0.25, 0.3) is 0 Å². The molecule has 1 aromatic carbocycles. The molecular weight excluding hydrogens is 351 g/mol. The van der Waals surface area contributed by atoms with Gasteiger partial charge in [-0.2, -0.15) is 0 Å². The minimum atomic E-state index is -1.16. The minimum Gasteiger partial charge on any atom is -0.461 e. The molecule has 5 nitrogen and oxygen atoms in total. The lowest BCUT2D eigenvalue weighted by Crippen LogP contribution is -2.47. The Hall–Kier alpha value is -1.00. The second-order valence-electron chi connectivity index (χ2n) is 7.33. The first-order chi connectivity index (χ1) is 12.7. The number of hydrogen-bond donors (Lipinski definition) is 0. The monoisotopic (exact) mass is 380 g/mol. The van der Waals surface area contributed by atoms with Crippen LogP contribution in [-0.4, -0.2) is 32.4 Å². The predicted octanol–water partition coefficient (Wildman–Crippen LogP) is 5.04. The van der Waals surface area contributed by atoms with Crippen LogP contribution in [0.5, 0.6) is 0 Å². The highest BCUT2D eigenvalue weighted by Gasteiger charge is 2.45. The Bertz CT molecular complexity index is 552. The number of rotatable bonds is 10. The first kappa shape index (κ1) is 19.8. The van der Waals surface area contributed by atoms with Gasteiger partial charge in [0.05, 0.1) is 30.8 Å². The van der Waals surface area contributed by atoms with Gasteiger partial charge in [0.1, 0.15) is 6.61 Å². The summed E-state index contributed by atoms with van der Waals surface area (Å²) in [4.78, 5) is 12.3. The Labute approximate surface area is 157 Å². The summed E-state index contributed by atoms with van der Waals surface area (Å²) in [6, 6.07) is 7.78. The van der Waals surface area contributed by atoms with Crippen LogP contribution in [0.2, 0.25) is 0 Å². The molecule has 0 unspecified atom stereocenters. The Kier molecular flexibility index (Phi) is 7.44. The minimum absolute atomic E-state index is 0.258. The van der Waals surface area contributed by atoms with Crippen molar-refractivity contribution in [2.24, 2.45) is 5.41 Å². The van der Waals surface area contributed by atoms with E-state index in [9.17, 15) is 4.79 Å². The second-order valence-corrected chi connectivity index (χ2v) is 8.56. The van der Waals surface area contributed by atoms with Crippen molar-refractivity contribution in [3.05, 3.63) is 35.4 Å². The third-order valence-electron chi connectivity index (χ3n) is 4.95. The van der Waals surface area contributed by atoms with Gasteiger partial charge in [-0.05, 0) is 30.5 Å². The van der Waals surface area contributed by atoms with E-state index in [4.69, 9.17) is 18.3 Å². The van der Waals surface area contributed by atoms with Crippen molar-refractivity contribution >= 4 is 14.6 Å². The zero-order valence-corrected chi connectivity index (χ0v) is 16.5. The van der Waals surface area contributed by atoms with Crippen molar-refractivity contribution in [2.45, 2.75) is 51.9 Å². The summed E-state index contributed by atoms with van der Waals surface area (Å²) < 4.78 is 21.8. The van der Waals surface area contributed by atoms with Gasteiger partial charge in [0, 0.05) is 0 Å². The fourth-order valence-corrected chi connectivity index (χ4v) is 4.51. The highest BCUT2D eigenvalue weighted by Crippen LogP contribution is 2.53. The molecule has 0 saturated carbocycles. The zero-order chi connectivity index (χ0) is 18.2. The Balaban J connectivity index is 1.39. The molecule has 2 bridgehead atoms. The van der Waals surface area contributed by atoms with Crippen LogP contribution < -0.4 is 0 Å². The zero-order valence-electron chi connectivity index (χ0n) is 15.6.